The van der Waals surface area contributed by atoms with Gasteiger partial charge in [-0.3, -0.25) is 9.59 Å². The summed E-state index contributed by atoms with van der Waals surface area (Å²) in [5.41, 5.74) is -3.20. The summed E-state index contributed by atoms with van der Waals surface area (Å²) in [7, 11) is 0. The summed E-state index contributed by atoms with van der Waals surface area (Å²) in [6.07, 6.45) is 20.9. The molecule has 0 amide bonds. The van der Waals surface area contributed by atoms with Gasteiger partial charge >= 0.3 is 5.97 Å². The maximum atomic E-state index is 13.2. The molecule has 6 nitrogen and oxygen atoms in total. The molecule has 238 valence electrons. The van der Waals surface area contributed by atoms with Crippen molar-refractivity contribution in [3.05, 3.63) is 23.3 Å². The lowest BCUT2D eigenvalue weighted by Crippen LogP contribution is -2.61. The Labute approximate surface area is 254 Å². The number of ether oxygens (including phenoxy) is 1. The monoisotopic (exact) mass is 586 g/mol. The molecule has 0 heterocycles. The van der Waals surface area contributed by atoms with Gasteiger partial charge in [0.25, 0.3) is 0 Å². The lowest BCUT2D eigenvalue weighted by molar-refractivity contribution is -0.187. The number of hydrogen-bond donors (Lipinski definition) is 3. The number of carbonyl (C=O) groups is 2. The molecule has 0 unspecified atom stereocenters. The first-order valence-electron chi connectivity index (χ1n) is 17.1. The van der Waals surface area contributed by atoms with E-state index < -0.39 is 28.6 Å². The third-order valence-electron chi connectivity index (χ3n) is 11.7. The van der Waals surface area contributed by atoms with E-state index in [2.05, 4.69) is 20.8 Å². The van der Waals surface area contributed by atoms with E-state index in [1.165, 1.54) is 64.2 Å². The number of hydrogen-bond acceptors (Lipinski definition) is 6. The van der Waals surface area contributed by atoms with Crippen LogP contribution in [0.2, 0.25) is 0 Å². The van der Waals surface area contributed by atoms with Gasteiger partial charge in [0.15, 0.2) is 5.78 Å². The van der Waals surface area contributed by atoms with Crippen molar-refractivity contribution in [3.8, 4) is 0 Å². The fourth-order valence-electron chi connectivity index (χ4n) is 9.14. The van der Waals surface area contributed by atoms with Crippen molar-refractivity contribution in [2.75, 3.05) is 6.61 Å². The minimum absolute atomic E-state index is 0.00531. The van der Waals surface area contributed by atoms with Crippen LogP contribution in [0.1, 0.15) is 137 Å². The minimum atomic E-state index is -1.76. The molecular weight excluding hydrogens is 528 g/mol. The van der Waals surface area contributed by atoms with Gasteiger partial charge in [-0.15, -0.1) is 0 Å². The zero-order valence-corrected chi connectivity index (χ0v) is 27.1. The van der Waals surface area contributed by atoms with Crippen LogP contribution in [-0.4, -0.2) is 50.5 Å². The van der Waals surface area contributed by atoms with Crippen LogP contribution in [0.15, 0.2) is 23.3 Å². The molecule has 0 aromatic carbocycles. The topological polar surface area (TPSA) is 104 Å². The Hall–Kier alpha value is -1.50. The van der Waals surface area contributed by atoms with Crippen molar-refractivity contribution in [3.63, 3.8) is 0 Å². The lowest BCUT2D eigenvalue weighted by atomic mass is 9.60. The van der Waals surface area contributed by atoms with E-state index in [1.54, 1.807) is 13.0 Å². The Morgan fingerprint density at radius 2 is 1.48 bits per heavy atom. The molecule has 0 radical (unpaired) electrons. The average Bonchev–Trinajstić information content (AvgIpc) is 3.34. The predicted molar refractivity (Wildman–Crippen MR) is 166 cm³/mol. The van der Waals surface area contributed by atoms with Crippen molar-refractivity contribution in [1.29, 1.82) is 0 Å². The van der Waals surface area contributed by atoms with E-state index in [-0.39, 0.29) is 42.0 Å². The van der Waals surface area contributed by atoms with E-state index >= 15 is 0 Å². The molecule has 4 aliphatic carbocycles. The smallest absolute Gasteiger partial charge is 0.306 e. The quantitative estimate of drug-likeness (QED) is 0.102. The van der Waals surface area contributed by atoms with Crippen molar-refractivity contribution in [2.45, 2.75) is 154 Å². The van der Waals surface area contributed by atoms with Crippen LogP contribution in [0.5, 0.6) is 0 Å². The first kappa shape index (κ1) is 33.4. The highest BCUT2D eigenvalue weighted by Crippen LogP contribution is 2.76. The number of aliphatic hydroxyl groups is 3. The Morgan fingerprint density at radius 3 is 2.02 bits per heavy atom. The molecule has 42 heavy (non-hydrogen) atoms. The van der Waals surface area contributed by atoms with Gasteiger partial charge in [0.05, 0.1) is 12.2 Å². The molecule has 6 heteroatoms. The SMILES string of the molecule is CCCCCCCCCCCCCCCC(=O)O[C@@]12C[C@@H](C)[C@]3(O)[C@H]4C=C(C)C(=O)[C@@]4(O)CC(CO)=C[C@H]3[C@@H]1C2(C)C. The highest BCUT2D eigenvalue weighted by molar-refractivity contribution is 6.04. The number of aliphatic hydroxyl groups excluding tert-OH is 1. The average molecular weight is 587 g/mol. The Kier molecular flexibility index (Phi) is 10.5. The summed E-state index contributed by atoms with van der Waals surface area (Å²) < 4.78 is 6.34. The normalized spacial score (nSPS) is 36.3. The summed E-state index contributed by atoms with van der Waals surface area (Å²) >= 11 is 0. The van der Waals surface area contributed by atoms with E-state index in [1.807, 2.05) is 13.0 Å². The molecule has 0 spiro atoms. The molecular formula is C36H58O6. The zero-order chi connectivity index (χ0) is 30.8. The van der Waals surface area contributed by atoms with Gasteiger partial charge in [-0.25, -0.2) is 0 Å². The van der Waals surface area contributed by atoms with Gasteiger partial charge in [-0.05, 0) is 36.8 Å². The van der Waals surface area contributed by atoms with Crippen LogP contribution in [0.4, 0.5) is 0 Å². The van der Waals surface area contributed by atoms with Crippen LogP contribution >= 0.6 is 0 Å². The van der Waals surface area contributed by atoms with Gasteiger partial charge in [0.2, 0.25) is 0 Å². The second-order valence-corrected chi connectivity index (χ2v) is 14.8. The number of unbranched alkanes of at least 4 members (excludes halogenated alkanes) is 12. The molecule has 7 atom stereocenters. The van der Waals surface area contributed by atoms with Crippen LogP contribution in [0.3, 0.4) is 0 Å². The van der Waals surface area contributed by atoms with Crippen LogP contribution in [0, 0.1) is 29.1 Å². The second kappa shape index (κ2) is 13.2. The molecule has 0 aromatic heterocycles. The first-order chi connectivity index (χ1) is 19.9. The van der Waals surface area contributed by atoms with Crippen molar-refractivity contribution >= 4 is 11.8 Å². The maximum Gasteiger partial charge on any atom is 0.306 e. The summed E-state index contributed by atoms with van der Waals surface area (Å²) in [4.78, 5) is 26.2. The summed E-state index contributed by atoms with van der Waals surface area (Å²) in [5, 5.41) is 34.2. The maximum absolute atomic E-state index is 13.2. The number of rotatable bonds is 16. The second-order valence-electron chi connectivity index (χ2n) is 14.8. The van der Waals surface area contributed by atoms with Crippen molar-refractivity contribution < 1.29 is 29.6 Å². The van der Waals surface area contributed by atoms with Gasteiger partial charge < -0.3 is 20.1 Å². The third kappa shape index (κ3) is 5.94. The molecule has 2 fully saturated rings. The molecule has 0 aliphatic heterocycles. The van der Waals surface area contributed by atoms with Gasteiger partial charge in [0, 0.05) is 36.0 Å². The van der Waals surface area contributed by atoms with Gasteiger partial charge in [0.1, 0.15) is 11.2 Å². The molecule has 0 saturated heterocycles. The molecule has 3 N–H and O–H groups in total. The number of carbonyl (C=O) groups excluding carboxylic acids is 2. The first-order valence-corrected chi connectivity index (χ1v) is 17.1. The summed E-state index contributed by atoms with van der Waals surface area (Å²) in [6.45, 7) is 9.80. The van der Waals surface area contributed by atoms with E-state index in [0.717, 1.165) is 19.3 Å². The standard InChI is InChI=1S/C36H58O6/c1-6-7-8-9-10-11-12-13-14-15-16-17-18-19-30(38)42-35-22-26(3)36(41)28(31(35)33(35,4)5)21-27(24-37)23-34(40)29(36)20-25(2)32(34)39/h20-21,26,28-29,31,37,40-41H,6-19,22-24H2,1-5H3/t26-,28+,29+,31-,34-,35+,36-/m1/s1. The fraction of sp³-hybridized carbons (Fsp3) is 0.833. The van der Waals surface area contributed by atoms with E-state index in [0.29, 0.717) is 24.0 Å². The van der Waals surface area contributed by atoms with Crippen LogP contribution in [0.25, 0.3) is 0 Å². The number of fused-ring (bicyclic) bond motifs is 5. The molecule has 4 rings (SSSR count). The molecule has 0 bridgehead atoms. The minimum Gasteiger partial charge on any atom is -0.458 e. The Balaban J connectivity index is 1.30. The number of Topliss-reactive ketones (excluding diaryl/α,β-unsaturated/α-hetero) is 1. The molecule has 0 aromatic rings. The molecule has 4 aliphatic rings. The van der Waals surface area contributed by atoms with E-state index in [4.69, 9.17) is 4.74 Å². The van der Waals surface area contributed by atoms with Gasteiger partial charge in [-0.2, -0.15) is 0 Å². The zero-order valence-electron chi connectivity index (χ0n) is 27.1. The van der Waals surface area contributed by atoms with Crippen LogP contribution in [-0.2, 0) is 14.3 Å². The highest BCUT2D eigenvalue weighted by Gasteiger charge is 2.83. The Bertz CT molecular complexity index is 1040. The van der Waals surface area contributed by atoms with Crippen molar-refractivity contribution in [2.24, 2.45) is 29.1 Å². The largest absolute Gasteiger partial charge is 0.458 e. The molecule has 2 saturated carbocycles. The lowest BCUT2D eigenvalue weighted by Gasteiger charge is -2.50. The summed E-state index contributed by atoms with van der Waals surface area (Å²) in [5.74, 6) is -2.25. The van der Waals surface area contributed by atoms with E-state index in [9.17, 15) is 24.9 Å². The summed E-state index contributed by atoms with van der Waals surface area (Å²) in [6, 6.07) is 0. The third-order valence-corrected chi connectivity index (χ3v) is 11.7. The number of ketones is 1. The van der Waals surface area contributed by atoms with Gasteiger partial charge in [-0.1, -0.05) is 117 Å². The highest BCUT2D eigenvalue weighted by atomic mass is 16.6. The predicted octanol–water partition coefficient (Wildman–Crippen LogP) is 6.99. The Morgan fingerprint density at radius 1 is 0.929 bits per heavy atom. The number of esters is 1. The van der Waals surface area contributed by atoms with Crippen molar-refractivity contribution in [1.82, 2.24) is 0 Å². The fourth-order valence-corrected chi connectivity index (χ4v) is 9.14. The van der Waals surface area contributed by atoms with Crippen LogP contribution < -0.4 is 0 Å².